The lowest BCUT2D eigenvalue weighted by Crippen LogP contribution is -2.30. The zero-order valence-electron chi connectivity index (χ0n) is 16.8. The summed E-state index contributed by atoms with van der Waals surface area (Å²) in [5.41, 5.74) is 0.527. The fraction of sp³-hybridized carbons (Fsp3) is 0.389. The normalized spacial score (nSPS) is 12.2. The number of sulfonamides is 2. The largest absolute Gasteiger partial charge is 0.383 e. The monoisotopic (exact) mass is 494 g/mol. The summed E-state index contributed by atoms with van der Waals surface area (Å²) in [6.07, 6.45) is 0.790. The van der Waals surface area contributed by atoms with Gasteiger partial charge in [0.25, 0.3) is 10.0 Å². The van der Waals surface area contributed by atoms with Gasteiger partial charge in [-0.25, -0.2) is 21.8 Å². The maximum Gasteiger partial charge on any atom is 0.265 e. The first-order chi connectivity index (χ1) is 14.1. The molecule has 2 N–H and O–H groups in total. The summed E-state index contributed by atoms with van der Waals surface area (Å²) in [6.45, 7) is 6.58. The van der Waals surface area contributed by atoms with Gasteiger partial charge in [0, 0.05) is 19.6 Å². The molecule has 0 spiro atoms. The lowest BCUT2D eigenvalue weighted by atomic mass is 10.2. The van der Waals surface area contributed by atoms with E-state index in [0.717, 1.165) is 6.42 Å². The van der Waals surface area contributed by atoms with E-state index >= 15 is 0 Å². The van der Waals surface area contributed by atoms with Crippen molar-refractivity contribution in [1.82, 2.24) is 9.29 Å². The Kier molecular flexibility index (Phi) is 8.35. The number of nitrogens with one attached hydrogen (secondary N) is 2. The number of hydrogen-bond donors (Lipinski definition) is 2. The fourth-order valence-electron chi connectivity index (χ4n) is 2.69. The highest BCUT2D eigenvalue weighted by atomic mass is 35.5. The Morgan fingerprint density at radius 3 is 2.20 bits per heavy atom. The number of halogens is 2. The molecule has 0 saturated carbocycles. The van der Waals surface area contributed by atoms with E-state index in [1.807, 2.05) is 6.92 Å². The molecule has 0 saturated heterocycles. The predicted octanol–water partition coefficient (Wildman–Crippen LogP) is 4.04. The zero-order valence-corrected chi connectivity index (χ0v) is 20.0. The molecule has 0 radical (unpaired) electrons. The van der Waals surface area contributed by atoms with Gasteiger partial charge in [-0.3, -0.25) is 4.72 Å². The minimum absolute atomic E-state index is 0.0220. The molecule has 0 bridgehead atoms. The molecule has 0 aliphatic rings. The molecule has 2 aromatic rings. The van der Waals surface area contributed by atoms with Crippen molar-refractivity contribution in [2.75, 3.05) is 29.7 Å². The molecule has 1 heterocycles. The third kappa shape index (κ3) is 5.55. The Morgan fingerprint density at radius 2 is 1.63 bits per heavy atom. The SMILES string of the molecule is CCCNc1ccc(S(=O)(=O)N(CC)CC)cc1NS(=O)(=O)c1ccc(Cl)nc1Cl. The van der Waals surface area contributed by atoms with Crippen LogP contribution in [0.15, 0.2) is 40.1 Å². The van der Waals surface area contributed by atoms with Gasteiger partial charge in [0.2, 0.25) is 10.0 Å². The van der Waals surface area contributed by atoms with E-state index in [2.05, 4.69) is 15.0 Å². The summed E-state index contributed by atoms with van der Waals surface area (Å²) in [5.74, 6) is 0. The van der Waals surface area contributed by atoms with Crippen molar-refractivity contribution >= 4 is 54.6 Å². The second kappa shape index (κ2) is 10.1. The van der Waals surface area contributed by atoms with Gasteiger partial charge < -0.3 is 5.32 Å². The van der Waals surface area contributed by atoms with Crippen LogP contribution in [0.3, 0.4) is 0 Å². The van der Waals surface area contributed by atoms with E-state index in [-0.39, 0.29) is 25.8 Å². The molecule has 0 amide bonds. The molecular formula is C18H24Cl2N4O4S2. The molecule has 1 aromatic carbocycles. The highest BCUT2D eigenvalue weighted by Crippen LogP contribution is 2.31. The minimum atomic E-state index is -4.15. The van der Waals surface area contributed by atoms with Gasteiger partial charge in [-0.1, -0.05) is 44.0 Å². The van der Waals surface area contributed by atoms with Gasteiger partial charge in [-0.2, -0.15) is 4.31 Å². The summed E-state index contributed by atoms with van der Waals surface area (Å²) in [6, 6.07) is 6.81. The van der Waals surface area contributed by atoms with Gasteiger partial charge in [0.1, 0.15) is 10.0 Å². The highest BCUT2D eigenvalue weighted by molar-refractivity contribution is 7.93. The number of pyridine rings is 1. The van der Waals surface area contributed by atoms with E-state index < -0.39 is 20.0 Å². The lowest BCUT2D eigenvalue weighted by molar-refractivity contribution is 0.445. The second-order valence-corrected chi connectivity index (χ2v) is 10.6. The molecule has 1 aromatic heterocycles. The molecule has 0 atom stereocenters. The maximum atomic E-state index is 12.9. The van der Waals surface area contributed by atoms with Crippen LogP contribution in [-0.4, -0.2) is 45.8 Å². The van der Waals surface area contributed by atoms with Crippen molar-refractivity contribution in [1.29, 1.82) is 0 Å². The lowest BCUT2D eigenvalue weighted by Gasteiger charge is -2.20. The molecule has 0 unspecified atom stereocenters. The van der Waals surface area contributed by atoms with Crippen LogP contribution in [0.25, 0.3) is 0 Å². The summed E-state index contributed by atoms with van der Waals surface area (Å²) < 4.78 is 55.3. The van der Waals surface area contributed by atoms with Crippen LogP contribution in [0.1, 0.15) is 27.2 Å². The quantitative estimate of drug-likeness (QED) is 0.482. The average molecular weight is 495 g/mol. The van der Waals surface area contributed by atoms with Gasteiger partial charge in [-0.15, -0.1) is 0 Å². The van der Waals surface area contributed by atoms with Crippen LogP contribution in [0, 0.1) is 0 Å². The van der Waals surface area contributed by atoms with Crippen molar-refractivity contribution in [3.8, 4) is 0 Å². The Bertz CT molecular complexity index is 1110. The van der Waals surface area contributed by atoms with E-state index in [9.17, 15) is 16.8 Å². The minimum Gasteiger partial charge on any atom is -0.383 e. The number of hydrogen-bond acceptors (Lipinski definition) is 6. The van der Waals surface area contributed by atoms with Crippen LogP contribution >= 0.6 is 23.2 Å². The van der Waals surface area contributed by atoms with Crippen LogP contribution in [0.2, 0.25) is 10.3 Å². The van der Waals surface area contributed by atoms with Crippen LogP contribution in [0.4, 0.5) is 11.4 Å². The first-order valence-corrected chi connectivity index (χ1v) is 13.0. The zero-order chi connectivity index (χ0) is 22.5. The van der Waals surface area contributed by atoms with E-state index in [1.165, 1.54) is 34.6 Å². The van der Waals surface area contributed by atoms with Crippen LogP contribution in [0.5, 0.6) is 0 Å². The highest BCUT2D eigenvalue weighted by Gasteiger charge is 2.25. The second-order valence-electron chi connectivity index (χ2n) is 6.25. The van der Waals surface area contributed by atoms with E-state index in [0.29, 0.717) is 25.3 Å². The smallest absolute Gasteiger partial charge is 0.265 e. The first kappa shape index (κ1) is 24.7. The third-order valence-electron chi connectivity index (χ3n) is 4.21. The molecule has 166 valence electrons. The van der Waals surface area contributed by atoms with Crippen molar-refractivity contribution in [2.24, 2.45) is 0 Å². The number of benzene rings is 1. The standard InChI is InChI=1S/C18H24Cl2N4O4S2/c1-4-11-21-14-8-7-13(30(27,28)24(5-2)6-3)12-15(14)23-29(25,26)16-9-10-17(19)22-18(16)20/h7-10,12,21,23H,4-6,11H2,1-3H3. The van der Waals surface area contributed by atoms with Gasteiger partial charge in [-0.05, 0) is 36.8 Å². The van der Waals surface area contributed by atoms with Crippen molar-refractivity contribution < 1.29 is 16.8 Å². The van der Waals surface area contributed by atoms with Gasteiger partial charge >= 0.3 is 0 Å². The Morgan fingerprint density at radius 1 is 0.967 bits per heavy atom. The number of anilines is 2. The predicted molar refractivity (Wildman–Crippen MR) is 120 cm³/mol. The molecular weight excluding hydrogens is 471 g/mol. The van der Waals surface area contributed by atoms with Gasteiger partial charge in [0.15, 0.2) is 5.15 Å². The summed E-state index contributed by atoms with van der Waals surface area (Å²) in [5, 5.41) is 2.86. The fourth-order valence-corrected chi connectivity index (χ4v) is 5.91. The van der Waals surface area contributed by atoms with Gasteiger partial charge in [0.05, 0.1) is 16.3 Å². The molecule has 0 aliphatic heterocycles. The topological polar surface area (TPSA) is 108 Å². The van der Waals surface area contributed by atoms with E-state index in [4.69, 9.17) is 23.2 Å². The number of nitrogens with zero attached hydrogens (tertiary/aromatic N) is 2. The summed E-state index contributed by atoms with van der Waals surface area (Å²) in [7, 11) is -7.93. The van der Waals surface area contributed by atoms with Crippen molar-refractivity contribution in [3.63, 3.8) is 0 Å². The third-order valence-corrected chi connectivity index (χ3v) is 8.27. The molecule has 2 rings (SSSR count). The van der Waals surface area contributed by atoms with E-state index in [1.54, 1.807) is 13.8 Å². The number of rotatable bonds is 10. The maximum absolute atomic E-state index is 12.9. The Labute approximate surface area is 187 Å². The summed E-state index contributed by atoms with van der Waals surface area (Å²) in [4.78, 5) is 3.46. The number of aromatic nitrogens is 1. The Balaban J connectivity index is 2.55. The van der Waals surface area contributed by atoms with Crippen molar-refractivity contribution in [3.05, 3.63) is 40.6 Å². The molecule has 8 nitrogen and oxygen atoms in total. The Hall–Kier alpha value is -1.59. The molecule has 12 heteroatoms. The first-order valence-electron chi connectivity index (χ1n) is 9.29. The van der Waals surface area contributed by atoms with Crippen molar-refractivity contribution in [2.45, 2.75) is 37.0 Å². The molecule has 30 heavy (non-hydrogen) atoms. The summed E-state index contributed by atoms with van der Waals surface area (Å²) >= 11 is 11.7. The average Bonchev–Trinajstić information content (AvgIpc) is 2.67. The van der Waals surface area contributed by atoms with Crippen LogP contribution < -0.4 is 10.0 Å². The molecule has 0 fully saturated rings. The van der Waals surface area contributed by atoms with Crippen LogP contribution in [-0.2, 0) is 20.0 Å². The molecule has 0 aliphatic carbocycles.